The Balaban J connectivity index is 3.25. The lowest BCUT2D eigenvalue weighted by Gasteiger charge is -2.29. The van der Waals surface area contributed by atoms with Gasteiger partial charge in [0.25, 0.3) is 0 Å². The molecular formula is C13H17F2NO3. The molecule has 19 heavy (non-hydrogen) atoms. The number of carboxylic acids is 1. The average molecular weight is 273 g/mol. The minimum Gasteiger partial charge on any atom is -0.481 e. The first-order chi connectivity index (χ1) is 8.81. The maximum Gasteiger partial charge on any atom is 0.315 e. The molecule has 0 fully saturated rings. The third kappa shape index (κ3) is 3.48. The van der Waals surface area contributed by atoms with Crippen molar-refractivity contribution in [3.63, 3.8) is 0 Å². The van der Waals surface area contributed by atoms with E-state index in [4.69, 9.17) is 5.73 Å². The van der Waals surface area contributed by atoms with E-state index in [1.54, 1.807) is 0 Å². The fourth-order valence-corrected chi connectivity index (χ4v) is 1.97. The highest BCUT2D eigenvalue weighted by Crippen LogP contribution is 2.31. The zero-order valence-electron chi connectivity index (χ0n) is 10.6. The quantitative estimate of drug-likeness (QED) is 0.731. The molecule has 0 saturated heterocycles. The lowest BCUT2D eigenvalue weighted by Crippen LogP contribution is -2.43. The number of nitrogens with two attached hydrogens (primary N) is 1. The third-order valence-electron chi connectivity index (χ3n) is 3.16. The molecule has 0 bridgehead atoms. The lowest BCUT2D eigenvalue weighted by atomic mass is 9.76. The van der Waals surface area contributed by atoms with Crippen molar-refractivity contribution in [3.8, 4) is 0 Å². The van der Waals surface area contributed by atoms with Crippen LogP contribution in [0.4, 0.5) is 8.78 Å². The number of halogens is 2. The molecule has 1 aromatic rings. The summed E-state index contributed by atoms with van der Waals surface area (Å²) >= 11 is 0. The van der Waals surface area contributed by atoms with Crippen molar-refractivity contribution < 1.29 is 23.8 Å². The maximum atomic E-state index is 13.2. The molecule has 0 aliphatic carbocycles. The van der Waals surface area contributed by atoms with Crippen molar-refractivity contribution in [1.29, 1.82) is 0 Å². The van der Waals surface area contributed by atoms with Gasteiger partial charge in [0.1, 0.15) is 17.0 Å². The number of rotatable bonds is 6. The summed E-state index contributed by atoms with van der Waals surface area (Å²) in [7, 11) is 0. The maximum absolute atomic E-state index is 13.2. The van der Waals surface area contributed by atoms with Gasteiger partial charge in [0.15, 0.2) is 0 Å². The summed E-state index contributed by atoms with van der Waals surface area (Å²) in [5.74, 6) is -2.97. The first-order valence-corrected chi connectivity index (χ1v) is 5.90. The van der Waals surface area contributed by atoms with Crippen molar-refractivity contribution in [2.45, 2.75) is 31.3 Å². The molecule has 6 heteroatoms. The van der Waals surface area contributed by atoms with Crippen LogP contribution in [0.15, 0.2) is 18.2 Å². The molecule has 0 amide bonds. The molecule has 1 aromatic carbocycles. The van der Waals surface area contributed by atoms with Crippen LogP contribution in [-0.2, 0) is 10.2 Å². The van der Waals surface area contributed by atoms with Gasteiger partial charge in [-0.2, -0.15) is 0 Å². The van der Waals surface area contributed by atoms with E-state index in [1.807, 2.05) is 0 Å². The second-order valence-electron chi connectivity index (χ2n) is 4.64. The van der Waals surface area contributed by atoms with E-state index in [0.29, 0.717) is 6.07 Å². The van der Waals surface area contributed by atoms with Gasteiger partial charge in [0.05, 0.1) is 6.10 Å². The predicted octanol–water partition coefficient (Wildman–Crippen LogP) is 1.41. The van der Waals surface area contributed by atoms with Crippen LogP contribution in [0.1, 0.15) is 25.3 Å². The number of aliphatic hydroxyl groups is 1. The Labute approximate surface area is 109 Å². The van der Waals surface area contributed by atoms with Crippen molar-refractivity contribution in [3.05, 3.63) is 35.4 Å². The van der Waals surface area contributed by atoms with E-state index < -0.39 is 29.1 Å². The summed E-state index contributed by atoms with van der Waals surface area (Å²) in [6.07, 6.45) is -0.551. The van der Waals surface area contributed by atoms with Crippen molar-refractivity contribution >= 4 is 5.97 Å². The largest absolute Gasteiger partial charge is 0.481 e. The zero-order valence-corrected chi connectivity index (χ0v) is 10.6. The molecule has 106 valence electrons. The SMILES string of the molecule is CC(O)CCC(CN)(C(=O)O)c1cc(F)cc(F)c1. The topological polar surface area (TPSA) is 83.5 Å². The Kier molecular flexibility index (Phi) is 4.97. The summed E-state index contributed by atoms with van der Waals surface area (Å²) in [6, 6.07) is 2.60. The summed E-state index contributed by atoms with van der Waals surface area (Å²) in [5.41, 5.74) is 3.90. The molecule has 0 saturated carbocycles. The van der Waals surface area contributed by atoms with Gasteiger partial charge in [-0.1, -0.05) is 0 Å². The lowest BCUT2D eigenvalue weighted by molar-refractivity contribution is -0.144. The van der Waals surface area contributed by atoms with E-state index in [9.17, 15) is 23.8 Å². The normalized spacial score (nSPS) is 15.8. The Bertz CT molecular complexity index is 445. The Morgan fingerprint density at radius 1 is 1.37 bits per heavy atom. The Morgan fingerprint density at radius 3 is 2.26 bits per heavy atom. The third-order valence-corrected chi connectivity index (χ3v) is 3.16. The summed E-state index contributed by atoms with van der Waals surface area (Å²) in [4.78, 5) is 11.5. The average Bonchev–Trinajstić information content (AvgIpc) is 2.28. The molecule has 0 aliphatic heterocycles. The van der Waals surface area contributed by atoms with Crippen molar-refractivity contribution in [2.75, 3.05) is 6.54 Å². The van der Waals surface area contributed by atoms with E-state index in [2.05, 4.69) is 0 Å². The summed E-state index contributed by atoms with van der Waals surface area (Å²) < 4.78 is 26.5. The number of carbonyl (C=O) groups is 1. The highest BCUT2D eigenvalue weighted by molar-refractivity contribution is 5.81. The van der Waals surface area contributed by atoms with Crippen LogP contribution in [-0.4, -0.2) is 28.8 Å². The fourth-order valence-electron chi connectivity index (χ4n) is 1.97. The van der Waals surface area contributed by atoms with E-state index in [1.165, 1.54) is 6.92 Å². The number of aliphatic hydroxyl groups excluding tert-OH is 1. The molecule has 0 spiro atoms. The minimum atomic E-state index is -1.60. The fraction of sp³-hybridized carbons (Fsp3) is 0.462. The van der Waals surface area contributed by atoms with Crippen molar-refractivity contribution in [1.82, 2.24) is 0 Å². The molecule has 2 unspecified atom stereocenters. The van der Waals surface area contributed by atoms with Gasteiger partial charge < -0.3 is 15.9 Å². The molecule has 0 aliphatic rings. The Hall–Kier alpha value is -1.53. The predicted molar refractivity (Wildman–Crippen MR) is 65.6 cm³/mol. The number of aliphatic carboxylic acids is 1. The van der Waals surface area contributed by atoms with Crippen LogP contribution in [0.2, 0.25) is 0 Å². The molecule has 1 rings (SSSR count). The van der Waals surface area contributed by atoms with Gasteiger partial charge >= 0.3 is 5.97 Å². The van der Waals surface area contributed by atoms with Crippen LogP contribution >= 0.6 is 0 Å². The van der Waals surface area contributed by atoms with Crippen molar-refractivity contribution in [2.24, 2.45) is 5.73 Å². The van der Waals surface area contributed by atoms with Crippen LogP contribution in [0.25, 0.3) is 0 Å². The molecule has 4 N–H and O–H groups in total. The smallest absolute Gasteiger partial charge is 0.315 e. The summed E-state index contributed by atoms with van der Waals surface area (Å²) in [5, 5.41) is 18.6. The van der Waals surface area contributed by atoms with Gasteiger partial charge in [0.2, 0.25) is 0 Å². The van der Waals surface area contributed by atoms with Gasteiger partial charge in [-0.25, -0.2) is 8.78 Å². The molecule has 2 atom stereocenters. The molecular weight excluding hydrogens is 256 g/mol. The van der Waals surface area contributed by atoms with Gasteiger partial charge in [-0.15, -0.1) is 0 Å². The Morgan fingerprint density at radius 2 is 1.89 bits per heavy atom. The highest BCUT2D eigenvalue weighted by Gasteiger charge is 2.39. The first-order valence-electron chi connectivity index (χ1n) is 5.90. The second-order valence-corrected chi connectivity index (χ2v) is 4.64. The molecule has 4 nitrogen and oxygen atoms in total. The number of hydrogen-bond acceptors (Lipinski definition) is 3. The molecule has 0 aromatic heterocycles. The van der Waals surface area contributed by atoms with Gasteiger partial charge in [-0.3, -0.25) is 4.79 Å². The van der Waals surface area contributed by atoms with E-state index >= 15 is 0 Å². The number of carboxylic acid groups (broad SMARTS) is 1. The molecule has 0 radical (unpaired) electrons. The summed E-state index contributed by atoms with van der Waals surface area (Å²) in [6.45, 7) is 1.20. The standard InChI is InChI=1S/C13H17F2NO3/c1-8(17)2-3-13(7-16,12(18)19)9-4-10(14)6-11(15)5-9/h4-6,8,17H,2-3,7,16H2,1H3,(H,18,19). The number of benzene rings is 1. The minimum absolute atomic E-state index is 0.000602. The van der Waals surface area contributed by atoms with Crippen LogP contribution < -0.4 is 5.73 Å². The first kappa shape index (κ1) is 15.5. The van der Waals surface area contributed by atoms with E-state index in [-0.39, 0.29) is 24.9 Å². The van der Waals surface area contributed by atoms with Crippen LogP contribution in [0, 0.1) is 11.6 Å². The second kappa shape index (κ2) is 6.08. The zero-order chi connectivity index (χ0) is 14.6. The number of hydrogen-bond donors (Lipinski definition) is 3. The van der Waals surface area contributed by atoms with Crippen LogP contribution in [0.5, 0.6) is 0 Å². The monoisotopic (exact) mass is 273 g/mol. The van der Waals surface area contributed by atoms with Crippen LogP contribution in [0.3, 0.4) is 0 Å². The highest BCUT2D eigenvalue weighted by atomic mass is 19.1. The van der Waals surface area contributed by atoms with E-state index in [0.717, 1.165) is 12.1 Å². The molecule has 0 heterocycles. The van der Waals surface area contributed by atoms with Gasteiger partial charge in [-0.05, 0) is 37.5 Å². The van der Waals surface area contributed by atoms with Gasteiger partial charge in [0, 0.05) is 12.6 Å².